The Bertz CT molecular complexity index is 1000. The van der Waals surface area contributed by atoms with Gasteiger partial charge in [-0.25, -0.2) is 0 Å². The van der Waals surface area contributed by atoms with E-state index in [4.69, 9.17) is 9.47 Å². The molecule has 10 heteroatoms. The molecule has 17 atom stereocenters. The first-order chi connectivity index (χ1) is 20.1. The minimum absolute atomic E-state index is 0.0210. The van der Waals surface area contributed by atoms with E-state index in [0.717, 1.165) is 12.8 Å². The molecule has 0 aromatic carbocycles. The van der Waals surface area contributed by atoms with Crippen LogP contribution in [-0.4, -0.2) is 109 Å². The molecular formula is C33H56O10. The second-order valence-electron chi connectivity index (χ2n) is 15.5. The van der Waals surface area contributed by atoms with Crippen LogP contribution in [-0.2, 0) is 9.47 Å². The van der Waals surface area contributed by atoms with Gasteiger partial charge < -0.3 is 50.3 Å². The van der Waals surface area contributed by atoms with Gasteiger partial charge in [-0.1, -0.05) is 46.3 Å². The van der Waals surface area contributed by atoms with Gasteiger partial charge in [-0.2, -0.15) is 0 Å². The topological polar surface area (TPSA) is 180 Å². The van der Waals surface area contributed by atoms with Crippen molar-refractivity contribution in [2.24, 2.45) is 46.3 Å². The Labute approximate surface area is 255 Å². The fraction of sp³-hybridized carbons (Fsp3) is 0.939. The Morgan fingerprint density at radius 1 is 0.977 bits per heavy atom. The van der Waals surface area contributed by atoms with E-state index >= 15 is 0 Å². The van der Waals surface area contributed by atoms with Crippen LogP contribution in [0.25, 0.3) is 0 Å². The van der Waals surface area contributed by atoms with Crippen LogP contribution in [0, 0.1) is 46.3 Å². The molecule has 5 aliphatic rings. The second-order valence-corrected chi connectivity index (χ2v) is 15.5. The predicted molar refractivity (Wildman–Crippen MR) is 157 cm³/mol. The van der Waals surface area contributed by atoms with Crippen LogP contribution in [0.15, 0.2) is 11.6 Å². The van der Waals surface area contributed by atoms with Gasteiger partial charge >= 0.3 is 0 Å². The van der Waals surface area contributed by atoms with Crippen LogP contribution in [0.1, 0.15) is 79.6 Å². The first kappa shape index (κ1) is 33.7. The standard InChI is InChI=1S/C33H56O10/c1-15(2)21(35)12-22(36)16(3)26-23(37)11-20-19-7-6-17-10-18(42-31-30(41)29(40)28(39)25(14-34)43-31)8-9-32(17,4)27(19)24(38)13-33(20,26)5/h6,15-16,18-31,34-41H,7-14H2,1-5H3/t16-,18+,19+,20+,21?,22?,23+,24-,25-,26+,27-,28-,29+,30-,31-,32+,33+/m1/s1. The number of ether oxygens (including phenoxy) is 2. The van der Waals surface area contributed by atoms with Gasteiger partial charge in [0.15, 0.2) is 6.29 Å². The summed E-state index contributed by atoms with van der Waals surface area (Å²) in [5.74, 6) is 0.0510. The fourth-order valence-corrected chi connectivity index (χ4v) is 10.2. The molecule has 1 saturated heterocycles. The predicted octanol–water partition coefficient (Wildman–Crippen LogP) is 1.10. The Kier molecular flexibility index (Phi) is 9.80. The van der Waals surface area contributed by atoms with Crippen molar-refractivity contribution >= 4 is 0 Å². The molecule has 0 radical (unpaired) electrons. The zero-order chi connectivity index (χ0) is 31.6. The van der Waals surface area contributed by atoms with E-state index < -0.39 is 61.7 Å². The lowest BCUT2D eigenvalue weighted by atomic mass is 9.46. The van der Waals surface area contributed by atoms with Crippen LogP contribution in [0.4, 0.5) is 0 Å². The molecule has 248 valence electrons. The average molecular weight is 613 g/mol. The van der Waals surface area contributed by atoms with E-state index in [2.05, 4.69) is 19.9 Å². The third-order valence-corrected chi connectivity index (χ3v) is 12.7. The quantitative estimate of drug-likeness (QED) is 0.185. The van der Waals surface area contributed by atoms with Crippen LogP contribution >= 0.6 is 0 Å². The van der Waals surface area contributed by atoms with E-state index in [9.17, 15) is 40.9 Å². The van der Waals surface area contributed by atoms with Gasteiger partial charge in [0, 0.05) is 0 Å². The van der Waals surface area contributed by atoms with Gasteiger partial charge in [-0.05, 0) is 91.3 Å². The van der Waals surface area contributed by atoms with Crippen molar-refractivity contribution in [1.82, 2.24) is 0 Å². The molecule has 1 aliphatic heterocycles. The maximum absolute atomic E-state index is 11.9. The summed E-state index contributed by atoms with van der Waals surface area (Å²) in [5, 5.41) is 85.2. The first-order valence-electron chi connectivity index (χ1n) is 16.5. The molecule has 1 heterocycles. The summed E-state index contributed by atoms with van der Waals surface area (Å²) in [6, 6.07) is 0. The Hall–Kier alpha value is -0.660. The Morgan fingerprint density at radius 3 is 2.33 bits per heavy atom. The molecule has 5 rings (SSSR count). The number of hydrogen-bond acceptors (Lipinski definition) is 10. The van der Waals surface area contributed by atoms with Crippen molar-refractivity contribution in [2.45, 2.75) is 141 Å². The van der Waals surface area contributed by atoms with E-state index in [-0.39, 0.29) is 58.9 Å². The average Bonchev–Trinajstić information content (AvgIpc) is 3.21. The van der Waals surface area contributed by atoms with Gasteiger partial charge in [0.1, 0.15) is 24.4 Å². The van der Waals surface area contributed by atoms with Crippen molar-refractivity contribution in [3.63, 3.8) is 0 Å². The van der Waals surface area contributed by atoms with E-state index in [1.54, 1.807) is 0 Å². The van der Waals surface area contributed by atoms with Gasteiger partial charge in [0.25, 0.3) is 0 Å². The van der Waals surface area contributed by atoms with Gasteiger partial charge in [-0.15, -0.1) is 0 Å². The molecule has 2 unspecified atom stereocenters. The normalized spacial score (nSPS) is 50.3. The summed E-state index contributed by atoms with van der Waals surface area (Å²) >= 11 is 0. The van der Waals surface area contributed by atoms with Gasteiger partial charge in [-0.3, -0.25) is 0 Å². The highest BCUT2D eigenvalue weighted by molar-refractivity contribution is 5.27. The SMILES string of the molecule is CC(C)C(O)CC(O)[C@@H](C)[C@H]1[C@@H](O)C[C@H]2[C@@H]3CC=C4C[C@@H](O[C@@H]5O[C@H](CO)[C@@H](O)[C@H](O)[C@H]5O)CC[C@]4(C)[C@H]3[C@H](O)C[C@]12C. The number of fused-ring (bicyclic) bond motifs is 5. The second kappa shape index (κ2) is 12.5. The fourth-order valence-electron chi connectivity index (χ4n) is 10.2. The zero-order valence-corrected chi connectivity index (χ0v) is 26.4. The van der Waals surface area contributed by atoms with E-state index in [1.807, 2.05) is 20.8 Å². The van der Waals surface area contributed by atoms with E-state index in [0.29, 0.717) is 25.7 Å². The van der Waals surface area contributed by atoms with Crippen molar-refractivity contribution in [2.75, 3.05) is 6.61 Å². The molecule has 0 spiro atoms. The molecule has 4 fully saturated rings. The van der Waals surface area contributed by atoms with Gasteiger partial charge in [0.05, 0.1) is 37.1 Å². The molecule has 3 saturated carbocycles. The molecule has 4 aliphatic carbocycles. The molecule has 43 heavy (non-hydrogen) atoms. The molecule has 0 aromatic heterocycles. The summed E-state index contributed by atoms with van der Waals surface area (Å²) in [4.78, 5) is 0. The van der Waals surface area contributed by atoms with Gasteiger partial charge in [0.2, 0.25) is 0 Å². The molecule has 8 N–H and O–H groups in total. The van der Waals surface area contributed by atoms with Crippen LogP contribution in [0.2, 0.25) is 0 Å². The van der Waals surface area contributed by atoms with E-state index in [1.165, 1.54) is 5.57 Å². The van der Waals surface area contributed by atoms with Crippen molar-refractivity contribution in [1.29, 1.82) is 0 Å². The summed E-state index contributed by atoms with van der Waals surface area (Å²) in [7, 11) is 0. The highest BCUT2D eigenvalue weighted by Gasteiger charge is 2.64. The highest BCUT2D eigenvalue weighted by Crippen LogP contribution is 2.67. The Balaban J connectivity index is 1.31. The maximum Gasteiger partial charge on any atom is 0.186 e. The largest absolute Gasteiger partial charge is 0.394 e. The molecule has 0 bridgehead atoms. The summed E-state index contributed by atoms with van der Waals surface area (Å²) in [6.45, 7) is 9.76. The molecular weight excluding hydrogens is 556 g/mol. The third-order valence-electron chi connectivity index (χ3n) is 12.7. The molecule has 10 nitrogen and oxygen atoms in total. The smallest absolute Gasteiger partial charge is 0.186 e. The number of allylic oxidation sites excluding steroid dienone is 1. The highest BCUT2D eigenvalue weighted by atomic mass is 16.7. The lowest BCUT2D eigenvalue weighted by molar-refractivity contribution is -0.313. The molecule has 0 aromatic rings. The minimum Gasteiger partial charge on any atom is -0.394 e. The monoisotopic (exact) mass is 612 g/mol. The minimum atomic E-state index is -1.49. The maximum atomic E-state index is 11.9. The lowest BCUT2D eigenvalue weighted by Crippen LogP contribution is -2.60. The summed E-state index contributed by atoms with van der Waals surface area (Å²) in [6.07, 6.45) is -2.79. The zero-order valence-electron chi connectivity index (χ0n) is 26.4. The number of aliphatic hydroxyl groups is 8. The van der Waals surface area contributed by atoms with Crippen LogP contribution in [0.5, 0.6) is 0 Å². The molecule has 0 amide bonds. The number of rotatable bonds is 8. The lowest BCUT2D eigenvalue weighted by Gasteiger charge is -2.60. The summed E-state index contributed by atoms with van der Waals surface area (Å²) in [5.41, 5.74) is 0.613. The van der Waals surface area contributed by atoms with Crippen molar-refractivity contribution in [3.05, 3.63) is 11.6 Å². The number of hydrogen-bond donors (Lipinski definition) is 8. The first-order valence-corrected chi connectivity index (χ1v) is 16.5. The summed E-state index contributed by atoms with van der Waals surface area (Å²) < 4.78 is 11.7. The third kappa shape index (κ3) is 5.77. The Morgan fingerprint density at radius 2 is 1.67 bits per heavy atom. The number of aliphatic hydroxyl groups excluding tert-OH is 8. The van der Waals surface area contributed by atoms with Crippen LogP contribution in [0.3, 0.4) is 0 Å². The van der Waals surface area contributed by atoms with Crippen molar-refractivity contribution in [3.8, 4) is 0 Å². The van der Waals surface area contributed by atoms with Crippen molar-refractivity contribution < 1.29 is 50.3 Å². The van der Waals surface area contributed by atoms with Crippen LogP contribution < -0.4 is 0 Å².